The maximum Gasteiger partial charge on any atom is 0.240 e. The number of sulfonamides is 1. The highest BCUT2D eigenvalue weighted by Crippen LogP contribution is 2.26. The van der Waals surface area contributed by atoms with Crippen LogP contribution in [0.2, 0.25) is 0 Å². The number of hydrogen-bond acceptors (Lipinski definition) is 4. The number of ether oxygens (including phenoxy) is 1. The van der Waals surface area contributed by atoms with E-state index in [4.69, 9.17) is 4.74 Å². The average molecular weight is 381 g/mol. The molecule has 1 saturated carbocycles. The standard InChI is InChI=1S/C19H28N2O4S/c1-14-5-2-3-7-18(14)25-12-11-20-26(23,24)16-9-10-17-15(13-16)6-4-8-19(22)21-17/h9-10,13-14,18,20H,2-8,11-12H2,1H3,(H,21,22)/t14-,18+/m1/s1. The zero-order chi connectivity index (χ0) is 18.6. The Morgan fingerprint density at radius 3 is 2.81 bits per heavy atom. The molecule has 0 saturated heterocycles. The van der Waals surface area contributed by atoms with E-state index in [1.54, 1.807) is 12.1 Å². The van der Waals surface area contributed by atoms with E-state index in [2.05, 4.69) is 17.0 Å². The molecule has 0 radical (unpaired) electrons. The Bertz CT molecular complexity index is 748. The smallest absolute Gasteiger partial charge is 0.240 e. The lowest BCUT2D eigenvalue weighted by molar-refractivity contribution is -0.116. The van der Waals surface area contributed by atoms with Gasteiger partial charge in [0.15, 0.2) is 0 Å². The van der Waals surface area contributed by atoms with Gasteiger partial charge in [-0.2, -0.15) is 0 Å². The molecular formula is C19H28N2O4S. The summed E-state index contributed by atoms with van der Waals surface area (Å²) in [5.74, 6) is 0.520. The highest BCUT2D eigenvalue weighted by molar-refractivity contribution is 7.89. The van der Waals surface area contributed by atoms with Crippen LogP contribution in [-0.4, -0.2) is 33.6 Å². The van der Waals surface area contributed by atoms with Crippen molar-refractivity contribution in [3.63, 3.8) is 0 Å². The van der Waals surface area contributed by atoms with E-state index in [-0.39, 0.29) is 23.5 Å². The summed E-state index contributed by atoms with van der Waals surface area (Å²) in [6, 6.07) is 4.87. The number of carbonyl (C=O) groups excluding carboxylic acids is 1. The molecule has 0 spiro atoms. The number of nitrogens with one attached hydrogen (secondary N) is 2. The lowest BCUT2D eigenvalue weighted by Gasteiger charge is -2.28. The van der Waals surface area contributed by atoms with Gasteiger partial charge in [-0.25, -0.2) is 13.1 Å². The second kappa shape index (κ2) is 8.50. The number of benzene rings is 1. The molecule has 26 heavy (non-hydrogen) atoms. The van der Waals surface area contributed by atoms with Gasteiger partial charge in [0, 0.05) is 18.7 Å². The first kappa shape index (κ1) is 19.3. The van der Waals surface area contributed by atoms with Gasteiger partial charge in [0.25, 0.3) is 0 Å². The van der Waals surface area contributed by atoms with Gasteiger partial charge in [0.05, 0.1) is 17.6 Å². The summed E-state index contributed by atoms with van der Waals surface area (Å²) in [7, 11) is -3.58. The lowest BCUT2D eigenvalue weighted by Crippen LogP contribution is -2.31. The van der Waals surface area contributed by atoms with Crippen molar-refractivity contribution in [2.75, 3.05) is 18.5 Å². The molecule has 1 aromatic rings. The van der Waals surface area contributed by atoms with Gasteiger partial charge in [-0.1, -0.05) is 19.8 Å². The molecule has 2 atom stereocenters. The van der Waals surface area contributed by atoms with Crippen LogP contribution >= 0.6 is 0 Å². The van der Waals surface area contributed by atoms with E-state index in [9.17, 15) is 13.2 Å². The van der Waals surface area contributed by atoms with Crippen LogP contribution in [0.5, 0.6) is 0 Å². The second-order valence-electron chi connectivity index (χ2n) is 7.29. The Morgan fingerprint density at radius 2 is 2.00 bits per heavy atom. The molecule has 3 rings (SSSR count). The Labute approximate surface area is 155 Å². The highest BCUT2D eigenvalue weighted by atomic mass is 32.2. The predicted molar refractivity (Wildman–Crippen MR) is 101 cm³/mol. The third kappa shape index (κ3) is 4.84. The Hall–Kier alpha value is -1.44. The van der Waals surface area contributed by atoms with Crippen LogP contribution < -0.4 is 10.0 Å². The molecule has 0 unspecified atom stereocenters. The Morgan fingerprint density at radius 1 is 1.19 bits per heavy atom. The molecule has 6 nitrogen and oxygen atoms in total. The first-order valence-electron chi connectivity index (χ1n) is 9.50. The fourth-order valence-corrected chi connectivity index (χ4v) is 4.78. The molecule has 0 bridgehead atoms. The van der Waals surface area contributed by atoms with Gasteiger partial charge < -0.3 is 10.1 Å². The predicted octanol–water partition coefficient (Wildman–Crippen LogP) is 2.84. The van der Waals surface area contributed by atoms with Crippen LogP contribution in [0, 0.1) is 5.92 Å². The second-order valence-corrected chi connectivity index (χ2v) is 9.06. The third-order valence-corrected chi connectivity index (χ3v) is 6.73. The normalized spacial score (nSPS) is 23.8. The van der Waals surface area contributed by atoms with Crippen LogP contribution in [0.4, 0.5) is 5.69 Å². The summed E-state index contributed by atoms with van der Waals surface area (Å²) < 4.78 is 33.6. The Balaban J connectivity index is 1.56. The monoisotopic (exact) mass is 380 g/mol. The fourth-order valence-electron chi connectivity index (χ4n) is 3.72. The number of aryl methyl sites for hydroxylation is 1. The van der Waals surface area contributed by atoms with E-state index in [1.807, 2.05) is 0 Å². The molecule has 2 N–H and O–H groups in total. The van der Waals surface area contributed by atoms with E-state index in [0.29, 0.717) is 31.1 Å². The molecule has 1 aliphatic heterocycles. The van der Waals surface area contributed by atoms with Gasteiger partial charge in [-0.3, -0.25) is 4.79 Å². The third-order valence-electron chi connectivity index (χ3n) is 5.27. The molecule has 1 aromatic carbocycles. The summed E-state index contributed by atoms with van der Waals surface area (Å²) in [5, 5.41) is 2.82. The molecule has 144 valence electrons. The number of amides is 1. The van der Waals surface area contributed by atoms with Crippen molar-refractivity contribution in [2.24, 2.45) is 5.92 Å². The van der Waals surface area contributed by atoms with Crippen molar-refractivity contribution in [3.8, 4) is 0 Å². The van der Waals surface area contributed by atoms with Crippen molar-refractivity contribution in [2.45, 2.75) is 62.9 Å². The summed E-state index contributed by atoms with van der Waals surface area (Å²) >= 11 is 0. The molecule has 1 fully saturated rings. The topological polar surface area (TPSA) is 84.5 Å². The van der Waals surface area contributed by atoms with Crippen molar-refractivity contribution in [3.05, 3.63) is 23.8 Å². The van der Waals surface area contributed by atoms with Crippen molar-refractivity contribution < 1.29 is 17.9 Å². The zero-order valence-corrected chi connectivity index (χ0v) is 16.1. The Kier molecular flexibility index (Phi) is 6.32. The number of carbonyl (C=O) groups is 1. The van der Waals surface area contributed by atoms with Crippen LogP contribution in [-0.2, 0) is 26.0 Å². The van der Waals surface area contributed by atoms with E-state index >= 15 is 0 Å². The summed E-state index contributed by atoms with van der Waals surface area (Å²) in [6.45, 7) is 2.84. The summed E-state index contributed by atoms with van der Waals surface area (Å²) in [4.78, 5) is 11.8. The number of rotatable bonds is 6. The molecule has 0 aromatic heterocycles. The quantitative estimate of drug-likeness (QED) is 0.743. The van der Waals surface area contributed by atoms with Crippen LogP contribution in [0.25, 0.3) is 0 Å². The molecule has 1 aliphatic carbocycles. The maximum atomic E-state index is 12.5. The van der Waals surface area contributed by atoms with E-state index < -0.39 is 10.0 Å². The zero-order valence-electron chi connectivity index (χ0n) is 15.3. The van der Waals surface area contributed by atoms with Gasteiger partial charge in [0.2, 0.25) is 15.9 Å². The minimum absolute atomic E-state index is 0.0217. The van der Waals surface area contributed by atoms with E-state index in [0.717, 1.165) is 18.4 Å². The average Bonchev–Trinajstić information content (AvgIpc) is 2.80. The SMILES string of the molecule is C[C@@H]1CCCC[C@@H]1OCCNS(=O)(=O)c1ccc2c(c1)CCCC(=O)N2. The van der Waals surface area contributed by atoms with Gasteiger partial charge in [0.1, 0.15) is 0 Å². The van der Waals surface area contributed by atoms with E-state index in [1.165, 1.54) is 25.3 Å². The highest BCUT2D eigenvalue weighted by Gasteiger charge is 2.22. The summed E-state index contributed by atoms with van der Waals surface area (Å²) in [5.41, 5.74) is 1.58. The van der Waals surface area contributed by atoms with Gasteiger partial charge in [-0.15, -0.1) is 0 Å². The number of hydrogen-bond donors (Lipinski definition) is 2. The van der Waals surface area contributed by atoms with Crippen molar-refractivity contribution in [1.29, 1.82) is 0 Å². The number of fused-ring (bicyclic) bond motifs is 1. The summed E-state index contributed by atoms with van der Waals surface area (Å²) in [6.07, 6.45) is 6.81. The first-order valence-corrected chi connectivity index (χ1v) is 11.0. The fraction of sp³-hybridized carbons (Fsp3) is 0.632. The van der Waals surface area contributed by atoms with Crippen molar-refractivity contribution in [1.82, 2.24) is 4.72 Å². The molecule has 7 heteroatoms. The maximum absolute atomic E-state index is 12.5. The molecular weight excluding hydrogens is 352 g/mol. The first-order chi connectivity index (χ1) is 12.5. The molecule has 1 heterocycles. The molecule has 1 amide bonds. The van der Waals surface area contributed by atoms with Crippen LogP contribution in [0.1, 0.15) is 51.0 Å². The largest absolute Gasteiger partial charge is 0.377 e. The van der Waals surface area contributed by atoms with Crippen LogP contribution in [0.15, 0.2) is 23.1 Å². The van der Waals surface area contributed by atoms with Crippen molar-refractivity contribution >= 4 is 21.6 Å². The molecule has 2 aliphatic rings. The number of anilines is 1. The minimum Gasteiger partial charge on any atom is -0.377 e. The lowest BCUT2D eigenvalue weighted by atomic mass is 9.88. The van der Waals surface area contributed by atoms with Gasteiger partial charge in [-0.05, 0) is 55.4 Å². The van der Waals surface area contributed by atoms with Gasteiger partial charge >= 0.3 is 0 Å². The van der Waals surface area contributed by atoms with Crippen LogP contribution in [0.3, 0.4) is 0 Å². The minimum atomic E-state index is -3.58.